The normalized spacial score (nSPS) is 11.6. The molecule has 0 spiro atoms. The number of nitrogens with two attached hydrogens (primary N) is 1. The molecule has 0 saturated heterocycles. The summed E-state index contributed by atoms with van der Waals surface area (Å²) in [5.74, 6) is 0.469. The second-order valence-corrected chi connectivity index (χ2v) is 4.58. The number of aromatic nitrogens is 1. The maximum Gasteiger partial charge on any atom is 0.141 e. The van der Waals surface area contributed by atoms with E-state index in [1.807, 2.05) is 19.9 Å². The van der Waals surface area contributed by atoms with E-state index in [9.17, 15) is 4.39 Å². The number of aryl methyl sites for hydroxylation is 1. The molecule has 2 N–H and O–H groups in total. The Morgan fingerprint density at radius 3 is 2.50 bits per heavy atom. The number of ether oxygens (including phenoxy) is 1. The number of hydrogen-bond donors (Lipinski definition) is 1. The van der Waals surface area contributed by atoms with Crippen LogP contribution >= 0.6 is 12.4 Å². The number of hydrogen-bond acceptors (Lipinski definition) is 3. The molecule has 1 heterocycles. The molecule has 20 heavy (non-hydrogen) atoms. The van der Waals surface area contributed by atoms with Gasteiger partial charge < -0.3 is 10.5 Å². The Morgan fingerprint density at radius 2 is 1.95 bits per heavy atom. The lowest BCUT2D eigenvalue weighted by Crippen LogP contribution is -2.08. The van der Waals surface area contributed by atoms with E-state index >= 15 is 0 Å². The summed E-state index contributed by atoms with van der Waals surface area (Å²) in [6.45, 7) is 4.23. The van der Waals surface area contributed by atoms with Gasteiger partial charge in [0.25, 0.3) is 0 Å². The number of rotatable bonds is 4. The third kappa shape index (κ3) is 4.18. The molecule has 3 nitrogen and oxygen atoms in total. The molecular weight excluding hydrogens is 279 g/mol. The van der Waals surface area contributed by atoms with Gasteiger partial charge in [0.1, 0.15) is 18.2 Å². The molecule has 0 radical (unpaired) electrons. The lowest BCUT2D eigenvalue weighted by Gasteiger charge is -2.11. The van der Waals surface area contributed by atoms with Crippen LogP contribution in [0.4, 0.5) is 4.39 Å². The lowest BCUT2D eigenvalue weighted by atomic mass is 10.1. The Bertz CT molecular complexity index is 558. The van der Waals surface area contributed by atoms with Crippen LogP contribution in [0.2, 0.25) is 0 Å². The topological polar surface area (TPSA) is 48.1 Å². The molecule has 108 valence electrons. The summed E-state index contributed by atoms with van der Waals surface area (Å²) in [4.78, 5) is 4.26. The smallest absolute Gasteiger partial charge is 0.141 e. The van der Waals surface area contributed by atoms with Crippen molar-refractivity contribution in [3.05, 3.63) is 59.2 Å². The Balaban J connectivity index is 0.00000200. The Hall–Kier alpha value is -1.65. The van der Waals surface area contributed by atoms with Gasteiger partial charge >= 0.3 is 0 Å². The fraction of sp³-hybridized carbons (Fsp3) is 0.267. The Labute approximate surface area is 124 Å². The minimum Gasteiger partial charge on any atom is -0.487 e. The highest BCUT2D eigenvalue weighted by Gasteiger charge is 2.06. The van der Waals surface area contributed by atoms with E-state index in [-0.39, 0.29) is 24.3 Å². The van der Waals surface area contributed by atoms with Crippen LogP contribution < -0.4 is 10.5 Å². The van der Waals surface area contributed by atoms with E-state index in [4.69, 9.17) is 10.5 Å². The second-order valence-electron chi connectivity index (χ2n) is 4.58. The van der Waals surface area contributed by atoms with Crippen LogP contribution in [0, 0.1) is 12.7 Å². The van der Waals surface area contributed by atoms with E-state index < -0.39 is 0 Å². The van der Waals surface area contributed by atoms with Gasteiger partial charge in [-0.05, 0) is 43.2 Å². The fourth-order valence-corrected chi connectivity index (χ4v) is 1.71. The molecule has 0 bridgehead atoms. The standard InChI is InChI=1S/C15H17FN2O.ClH/c1-10-7-14(11(2)17)18-8-15(10)19-9-12-3-5-13(16)6-4-12;/h3-8,11H,9,17H2,1-2H3;1H. The maximum absolute atomic E-state index is 12.8. The van der Waals surface area contributed by atoms with E-state index in [2.05, 4.69) is 4.98 Å². The predicted octanol–water partition coefficient (Wildman–Crippen LogP) is 3.55. The zero-order valence-electron chi connectivity index (χ0n) is 11.5. The largest absolute Gasteiger partial charge is 0.487 e. The van der Waals surface area contributed by atoms with Crippen LogP contribution in [0.5, 0.6) is 5.75 Å². The molecular formula is C15H18ClFN2O. The van der Waals surface area contributed by atoms with Gasteiger partial charge in [0.2, 0.25) is 0 Å². The van der Waals surface area contributed by atoms with Gasteiger partial charge in [-0.1, -0.05) is 12.1 Å². The second kappa shape index (κ2) is 7.22. The highest BCUT2D eigenvalue weighted by molar-refractivity contribution is 5.85. The zero-order chi connectivity index (χ0) is 13.8. The zero-order valence-corrected chi connectivity index (χ0v) is 12.3. The quantitative estimate of drug-likeness (QED) is 0.938. The van der Waals surface area contributed by atoms with Gasteiger partial charge in [-0.15, -0.1) is 12.4 Å². The Kier molecular flexibility index (Phi) is 5.92. The first-order chi connectivity index (χ1) is 9.06. The van der Waals surface area contributed by atoms with Crippen LogP contribution in [0.15, 0.2) is 36.5 Å². The molecule has 0 amide bonds. The van der Waals surface area contributed by atoms with Gasteiger partial charge in [0.15, 0.2) is 0 Å². The van der Waals surface area contributed by atoms with Crippen molar-refractivity contribution in [1.29, 1.82) is 0 Å². The lowest BCUT2D eigenvalue weighted by molar-refractivity contribution is 0.302. The molecule has 0 fully saturated rings. The summed E-state index contributed by atoms with van der Waals surface area (Å²) in [5, 5.41) is 0. The van der Waals surface area contributed by atoms with Crippen LogP contribution in [-0.2, 0) is 6.61 Å². The first-order valence-corrected chi connectivity index (χ1v) is 6.15. The highest BCUT2D eigenvalue weighted by Crippen LogP contribution is 2.20. The summed E-state index contributed by atoms with van der Waals surface area (Å²) >= 11 is 0. The van der Waals surface area contributed by atoms with Gasteiger partial charge in [-0.2, -0.15) is 0 Å². The van der Waals surface area contributed by atoms with Crippen LogP contribution in [0.1, 0.15) is 29.8 Å². The summed E-state index contributed by atoms with van der Waals surface area (Å²) < 4.78 is 18.4. The van der Waals surface area contributed by atoms with Crippen molar-refractivity contribution < 1.29 is 9.13 Å². The maximum atomic E-state index is 12.8. The van der Waals surface area contributed by atoms with E-state index in [1.54, 1.807) is 18.3 Å². The predicted molar refractivity (Wildman–Crippen MR) is 79.6 cm³/mol. The number of benzene rings is 1. The molecule has 1 aromatic heterocycles. The molecule has 0 aliphatic heterocycles. The van der Waals surface area contributed by atoms with Crippen LogP contribution in [0.25, 0.3) is 0 Å². The third-order valence-electron chi connectivity index (χ3n) is 2.86. The van der Waals surface area contributed by atoms with Gasteiger partial charge in [-0.3, -0.25) is 4.98 Å². The average Bonchev–Trinajstić information content (AvgIpc) is 2.39. The molecule has 1 atom stereocenters. The first kappa shape index (κ1) is 16.4. The highest BCUT2D eigenvalue weighted by atomic mass is 35.5. The van der Waals surface area contributed by atoms with Crippen LogP contribution in [-0.4, -0.2) is 4.98 Å². The monoisotopic (exact) mass is 296 g/mol. The minimum atomic E-state index is -0.247. The fourth-order valence-electron chi connectivity index (χ4n) is 1.71. The summed E-state index contributed by atoms with van der Waals surface area (Å²) in [6, 6.07) is 8.07. The number of halogens is 2. The van der Waals surface area contributed by atoms with Crippen molar-refractivity contribution in [3.63, 3.8) is 0 Å². The van der Waals surface area contributed by atoms with Crippen molar-refractivity contribution in [2.75, 3.05) is 0 Å². The molecule has 2 aromatic rings. The Morgan fingerprint density at radius 1 is 1.30 bits per heavy atom. The molecule has 0 aliphatic carbocycles. The van der Waals surface area contributed by atoms with E-state index in [1.165, 1.54) is 12.1 Å². The molecule has 1 aromatic carbocycles. The molecule has 1 unspecified atom stereocenters. The molecule has 5 heteroatoms. The van der Waals surface area contributed by atoms with Crippen molar-refractivity contribution in [1.82, 2.24) is 4.98 Å². The molecule has 0 saturated carbocycles. The van der Waals surface area contributed by atoms with Crippen molar-refractivity contribution in [2.45, 2.75) is 26.5 Å². The van der Waals surface area contributed by atoms with Crippen molar-refractivity contribution >= 4 is 12.4 Å². The molecule has 0 aliphatic rings. The average molecular weight is 297 g/mol. The molecule has 2 rings (SSSR count). The third-order valence-corrected chi connectivity index (χ3v) is 2.86. The number of pyridine rings is 1. The van der Waals surface area contributed by atoms with E-state index in [0.717, 1.165) is 16.8 Å². The van der Waals surface area contributed by atoms with Gasteiger partial charge in [0, 0.05) is 6.04 Å². The summed E-state index contributed by atoms with van der Waals surface area (Å²) in [5.41, 5.74) is 8.52. The van der Waals surface area contributed by atoms with Gasteiger partial charge in [0.05, 0.1) is 11.9 Å². The van der Waals surface area contributed by atoms with E-state index in [0.29, 0.717) is 12.4 Å². The summed E-state index contributed by atoms with van der Waals surface area (Å²) in [6.07, 6.45) is 1.68. The minimum absolute atomic E-state index is 0. The summed E-state index contributed by atoms with van der Waals surface area (Å²) in [7, 11) is 0. The SMILES string of the molecule is Cc1cc(C(C)N)ncc1OCc1ccc(F)cc1.Cl. The van der Waals surface area contributed by atoms with Crippen LogP contribution in [0.3, 0.4) is 0 Å². The van der Waals surface area contributed by atoms with Gasteiger partial charge in [-0.25, -0.2) is 4.39 Å². The number of nitrogens with zero attached hydrogens (tertiary/aromatic N) is 1. The first-order valence-electron chi connectivity index (χ1n) is 6.15. The van der Waals surface area contributed by atoms with Crippen molar-refractivity contribution in [3.8, 4) is 5.75 Å². The van der Waals surface area contributed by atoms with Crippen molar-refractivity contribution in [2.24, 2.45) is 5.73 Å².